The zero-order valence-corrected chi connectivity index (χ0v) is 13.0. The van der Waals surface area contributed by atoms with Gasteiger partial charge in [-0.25, -0.2) is 4.39 Å². The summed E-state index contributed by atoms with van der Waals surface area (Å²) in [6, 6.07) is 10.0. The number of aryl methyl sites for hydroxylation is 1. The van der Waals surface area contributed by atoms with Crippen molar-refractivity contribution in [3.05, 3.63) is 62.3 Å². The molecule has 0 bridgehead atoms. The largest absolute Gasteiger partial charge is 0.380 e. The van der Waals surface area contributed by atoms with Crippen LogP contribution in [-0.4, -0.2) is 0 Å². The van der Waals surface area contributed by atoms with Crippen LogP contribution < -0.4 is 5.32 Å². The topological polar surface area (TPSA) is 35.8 Å². The molecule has 0 aliphatic rings. The van der Waals surface area contributed by atoms with Crippen molar-refractivity contribution in [1.82, 2.24) is 0 Å². The molecule has 0 unspecified atom stereocenters. The number of nitrogens with zero attached hydrogens (tertiary/aromatic N) is 1. The minimum absolute atomic E-state index is 0.311. The fourth-order valence-electron chi connectivity index (χ4n) is 1.73. The fourth-order valence-corrected chi connectivity index (χ4v) is 2.49. The lowest BCUT2D eigenvalue weighted by Crippen LogP contribution is -2.03. The van der Waals surface area contributed by atoms with Crippen LogP contribution >= 0.6 is 27.5 Å². The van der Waals surface area contributed by atoms with E-state index in [1.54, 1.807) is 18.2 Å². The molecule has 2 aromatic carbocycles. The third kappa shape index (κ3) is 3.30. The maximum atomic E-state index is 13.8. The van der Waals surface area contributed by atoms with Gasteiger partial charge in [-0.05, 0) is 52.7 Å². The Hall–Kier alpha value is -1.57. The number of hydrogen-bond acceptors (Lipinski definition) is 2. The molecule has 102 valence electrons. The number of benzene rings is 2. The van der Waals surface area contributed by atoms with E-state index in [1.807, 2.05) is 19.1 Å². The summed E-state index contributed by atoms with van der Waals surface area (Å²) >= 11 is 9.51. The van der Waals surface area contributed by atoms with E-state index in [1.165, 1.54) is 6.07 Å². The van der Waals surface area contributed by atoms with Crippen molar-refractivity contribution in [1.29, 1.82) is 5.26 Å². The molecule has 0 saturated carbocycles. The van der Waals surface area contributed by atoms with Crippen LogP contribution in [-0.2, 0) is 6.54 Å². The zero-order valence-electron chi connectivity index (χ0n) is 10.7. The summed E-state index contributed by atoms with van der Waals surface area (Å²) in [6.45, 7) is 2.23. The van der Waals surface area contributed by atoms with Crippen molar-refractivity contribution in [2.45, 2.75) is 13.5 Å². The lowest BCUT2D eigenvalue weighted by molar-refractivity contribution is 0.612. The van der Waals surface area contributed by atoms with Gasteiger partial charge < -0.3 is 5.32 Å². The average Bonchev–Trinajstić information content (AvgIpc) is 2.42. The van der Waals surface area contributed by atoms with Crippen molar-refractivity contribution in [2.24, 2.45) is 0 Å². The molecule has 5 heteroatoms. The monoisotopic (exact) mass is 352 g/mol. The van der Waals surface area contributed by atoms with Gasteiger partial charge in [-0.1, -0.05) is 17.7 Å². The van der Waals surface area contributed by atoms with Crippen molar-refractivity contribution in [3.8, 4) is 6.07 Å². The lowest BCUT2D eigenvalue weighted by atomic mass is 10.1. The Balaban J connectivity index is 2.17. The molecular weight excluding hydrogens is 343 g/mol. The van der Waals surface area contributed by atoms with Crippen LogP contribution in [0.5, 0.6) is 0 Å². The van der Waals surface area contributed by atoms with Gasteiger partial charge in [-0.3, -0.25) is 0 Å². The highest BCUT2D eigenvalue weighted by atomic mass is 79.9. The summed E-state index contributed by atoms with van der Waals surface area (Å²) in [5.41, 5.74) is 2.57. The van der Waals surface area contributed by atoms with Crippen molar-refractivity contribution < 1.29 is 4.39 Å². The molecule has 0 saturated heterocycles. The molecule has 0 atom stereocenters. The standard InChI is InChI=1S/C15H11BrClFN2/c1-9-4-12(16)15(6-13(9)17)20-8-11-3-2-10(7-19)5-14(11)18/h2-6,20H,8H2,1H3. The fraction of sp³-hybridized carbons (Fsp3) is 0.133. The Morgan fingerprint density at radius 3 is 2.75 bits per heavy atom. The summed E-state index contributed by atoms with van der Waals surface area (Å²) in [7, 11) is 0. The predicted octanol–water partition coefficient (Wildman–Crippen LogP) is 5.03. The quantitative estimate of drug-likeness (QED) is 0.839. The van der Waals surface area contributed by atoms with E-state index in [9.17, 15) is 4.39 Å². The van der Waals surface area contributed by atoms with Gasteiger partial charge in [0.25, 0.3) is 0 Å². The molecule has 0 spiro atoms. The summed E-state index contributed by atoms with van der Waals surface area (Å²) in [5, 5.41) is 12.5. The number of rotatable bonds is 3. The van der Waals surface area contributed by atoms with Gasteiger partial charge in [0, 0.05) is 21.6 Å². The predicted molar refractivity (Wildman–Crippen MR) is 82.3 cm³/mol. The molecule has 0 radical (unpaired) electrons. The van der Waals surface area contributed by atoms with E-state index in [-0.39, 0.29) is 0 Å². The van der Waals surface area contributed by atoms with E-state index in [0.29, 0.717) is 22.7 Å². The summed E-state index contributed by atoms with van der Waals surface area (Å²) in [6.07, 6.45) is 0. The molecule has 0 heterocycles. The molecule has 2 aromatic rings. The second-order valence-corrected chi connectivity index (χ2v) is 5.61. The van der Waals surface area contributed by atoms with Crippen LogP contribution in [0.3, 0.4) is 0 Å². The molecule has 0 amide bonds. The Labute approximate surface area is 130 Å². The van der Waals surface area contributed by atoms with Crippen molar-refractivity contribution in [3.63, 3.8) is 0 Å². The van der Waals surface area contributed by atoms with Gasteiger partial charge in [0.1, 0.15) is 5.82 Å². The number of halogens is 3. The Kier molecular flexibility index (Phi) is 4.64. The second kappa shape index (κ2) is 6.25. The van der Waals surface area contributed by atoms with Gasteiger partial charge in [0.15, 0.2) is 0 Å². The first-order chi connectivity index (χ1) is 9.51. The number of anilines is 1. The molecule has 1 N–H and O–H groups in total. The molecule has 2 rings (SSSR count). The van der Waals surface area contributed by atoms with E-state index in [2.05, 4.69) is 21.2 Å². The molecule has 0 aromatic heterocycles. The van der Waals surface area contributed by atoms with E-state index in [0.717, 1.165) is 15.7 Å². The van der Waals surface area contributed by atoms with Crippen LogP contribution in [0.25, 0.3) is 0 Å². The zero-order chi connectivity index (χ0) is 14.7. The number of hydrogen-bond donors (Lipinski definition) is 1. The van der Waals surface area contributed by atoms with Gasteiger partial charge in [0.05, 0.1) is 17.3 Å². The number of nitrogens with one attached hydrogen (secondary N) is 1. The minimum atomic E-state index is -0.397. The SMILES string of the molecule is Cc1cc(Br)c(NCc2ccc(C#N)cc2F)cc1Cl. The van der Waals surface area contributed by atoms with Crippen molar-refractivity contribution >= 4 is 33.2 Å². The maximum Gasteiger partial charge on any atom is 0.129 e. The smallest absolute Gasteiger partial charge is 0.129 e. The third-order valence-corrected chi connectivity index (χ3v) is 3.96. The molecule has 20 heavy (non-hydrogen) atoms. The Bertz CT molecular complexity index is 695. The van der Waals surface area contributed by atoms with Gasteiger partial charge in [-0.15, -0.1) is 0 Å². The van der Waals surface area contributed by atoms with Crippen LogP contribution in [0.2, 0.25) is 5.02 Å². The van der Waals surface area contributed by atoms with E-state index < -0.39 is 5.82 Å². The van der Waals surface area contributed by atoms with Crippen molar-refractivity contribution in [2.75, 3.05) is 5.32 Å². The summed E-state index contributed by atoms with van der Waals surface area (Å²) in [5.74, 6) is -0.397. The highest BCUT2D eigenvalue weighted by Gasteiger charge is 2.07. The first kappa shape index (κ1) is 14.8. The van der Waals surface area contributed by atoms with E-state index in [4.69, 9.17) is 16.9 Å². The first-order valence-electron chi connectivity index (χ1n) is 5.89. The Morgan fingerprint density at radius 2 is 2.10 bits per heavy atom. The minimum Gasteiger partial charge on any atom is -0.380 e. The average molecular weight is 354 g/mol. The molecule has 0 aliphatic carbocycles. The van der Waals surface area contributed by atoms with Gasteiger partial charge in [-0.2, -0.15) is 5.26 Å². The molecule has 0 aliphatic heterocycles. The van der Waals surface area contributed by atoms with E-state index >= 15 is 0 Å². The van der Waals surface area contributed by atoms with Crippen LogP contribution in [0.4, 0.5) is 10.1 Å². The number of nitriles is 1. The second-order valence-electron chi connectivity index (χ2n) is 4.35. The van der Waals surface area contributed by atoms with Crippen LogP contribution in [0.15, 0.2) is 34.8 Å². The molecule has 2 nitrogen and oxygen atoms in total. The Morgan fingerprint density at radius 1 is 1.35 bits per heavy atom. The summed E-state index contributed by atoms with van der Waals surface area (Å²) in [4.78, 5) is 0. The van der Waals surface area contributed by atoms with Crippen LogP contribution in [0.1, 0.15) is 16.7 Å². The third-order valence-electron chi connectivity index (χ3n) is 2.90. The van der Waals surface area contributed by atoms with Gasteiger partial charge >= 0.3 is 0 Å². The highest BCUT2D eigenvalue weighted by Crippen LogP contribution is 2.29. The van der Waals surface area contributed by atoms with Crippen LogP contribution in [0, 0.1) is 24.1 Å². The first-order valence-corrected chi connectivity index (χ1v) is 7.06. The molecular formula is C15H11BrClFN2. The van der Waals surface area contributed by atoms with Gasteiger partial charge in [0.2, 0.25) is 0 Å². The lowest BCUT2D eigenvalue weighted by Gasteiger charge is -2.11. The normalized spacial score (nSPS) is 10.2. The maximum absolute atomic E-state index is 13.8. The summed E-state index contributed by atoms with van der Waals surface area (Å²) < 4.78 is 14.6. The highest BCUT2D eigenvalue weighted by molar-refractivity contribution is 9.10. The molecule has 0 fully saturated rings.